The Morgan fingerprint density at radius 3 is 1.28 bits per heavy atom. The van der Waals surface area contributed by atoms with Crippen LogP contribution in [0.2, 0.25) is 0 Å². The van der Waals surface area contributed by atoms with Crippen molar-refractivity contribution < 1.29 is 46.1 Å². The minimum atomic E-state index is -1.58. The van der Waals surface area contributed by atoms with Gasteiger partial charge in [0.05, 0.1) is 16.7 Å². The van der Waals surface area contributed by atoms with E-state index in [4.69, 9.17) is 15.3 Å². The van der Waals surface area contributed by atoms with Crippen molar-refractivity contribution in [2.75, 3.05) is 0 Å². The van der Waals surface area contributed by atoms with Gasteiger partial charge < -0.3 is 31.7 Å². The van der Waals surface area contributed by atoms with E-state index in [0.29, 0.717) is 0 Å². The summed E-state index contributed by atoms with van der Waals surface area (Å²) in [7, 11) is 0. The second kappa shape index (κ2) is 7.73. The molecule has 0 aliphatic rings. The number of hydrogen-bond acceptors (Lipinski definition) is 3. The normalized spacial score (nSPS) is 8.00. The molecule has 0 saturated carbocycles. The molecule has 9 heteroatoms. The Morgan fingerprint density at radius 2 is 1.06 bits per heavy atom. The smallest absolute Gasteiger partial charge is 0.337 e. The van der Waals surface area contributed by atoms with Crippen molar-refractivity contribution in [3.63, 3.8) is 0 Å². The van der Waals surface area contributed by atoms with Crippen LogP contribution in [0.15, 0.2) is 18.2 Å². The molecule has 0 saturated heterocycles. The maximum Gasteiger partial charge on any atom is 0.337 e. The number of aromatic carboxylic acids is 3. The highest BCUT2D eigenvalue weighted by molar-refractivity contribution is 6.08. The molecule has 0 fully saturated rings. The zero-order valence-electron chi connectivity index (χ0n) is 8.80. The van der Waals surface area contributed by atoms with E-state index in [2.05, 4.69) is 0 Å². The molecule has 0 unspecified atom stereocenters. The summed E-state index contributed by atoms with van der Waals surface area (Å²) in [5, 5.41) is 26.0. The van der Waals surface area contributed by atoms with E-state index in [-0.39, 0.29) is 16.4 Å². The molecular formula is C9H12O9. The molecule has 0 aromatic heterocycles. The fourth-order valence-electron chi connectivity index (χ4n) is 1.14. The van der Waals surface area contributed by atoms with Gasteiger partial charge >= 0.3 is 17.9 Å². The minimum absolute atomic E-state index is 0. The fourth-order valence-corrected chi connectivity index (χ4v) is 1.14. The predicted molar refractivity (Wildman–Crippen MR) is 58.2 cm³/mol. The van der Waals surface area contributed by atoms with E-state index >= 15 is 0 Å². The Balaban J connectivity index is -0.000000750. The first kappa shape index (κ1) is 20.9. The summed E-state index contributed by atoms with van der Waals surface area (Å²) >= 11 is 0. The minimum Gasteiger partial charge on any atom is -0.478 e. The van der Waals surface area contributed by atoms with Gasteiger partial charge in [0.1, 0.15) is 0 Å². The van der Waals surface area contributed by atoms with Crippen molar-refractivity contribution in [1.82, 2.24) is 0 Å². The number of rotatable bonds is 3. The summed E-state index contributed by atoms with van der Waals surface area (Å²) in [5.41, 5.74) is -1.79. The zero-order chi connectivity index (χ0) is 11.6. The number of carboxylic acid groups (broad SMARTS) is 3. The SMILES string of the molecule is O.O.O.O=C(O)c1cccc(C(=O)O)c1C(=O)O. The first-order valence-electron chi connectivity index (χ1n) is 3.78. The van der Waals surface area contributed by atoms with Crippen LogP contribution in [0.4, 0.5) is 0 Å². The fraction of sp³-hybridized carbons (Fsp3) is 0. The monoisotopic (exact) mass is 264 g/mol. The van der Waals surface area contributed by atoms with Crippen molar-refractivity contribution in [2.45, 2.75) is 0 Å². The standard InChI is InChI=1S/C9H6O6.3H2O/c10-7(11)4-2-1-3-5(8(12)13)6(4)9(14)15;;;/h1-3H,(H,10,11)(H,12,13)(H,14,15);3*1H2. The Hall–Kier alpha value is -2.49. The maximum atomic E-state index is 10.7. The lowest BCUT2D eigenvalue weighted by molar-refractivity contribution is 0.0633. The Kier molecular flexibility index (Phi) is 8.96. The molecule has 1 aromatic carbocycles. The van der Waals surface area contributed by atoms with Gasteiger partial charge in [-0.3, -0.25) is 0 Å². The second-order valence-corrected chi connectivity index (χ2v) is 2.64. The lowest BCUT2D eigenvalue weighted by atomic mass is 10.0. The molecule has 0 bridgehead atoms. The highest BCUT2D eigenvalue weighted by atomic mass is 16.4. The molecule has 9 N–H and O–H groups in total. The number of carbonyl (C=O) groups is 3. The lowest BCUT2D eigenvalue weighted by Gasteiger charge is -2.04. The quantitative estimate of drug-likeness (QED) is 0.579. The number of carboxylic acids is 3. The third-order valence-electron chi connectivity index (χ3n) is 1.74. The van der Waals surface area contributed by atoms with Crippen LogP contribution >= 0.6 is 0 Å². The molecule has 0 amide bonds. The molecular weight excluding hydrogens is 252 g/mol. The van der Waals surface area contributed by atoms with Crippen LogP contribution < -0.4 is 0 Å². The summed E-state index contributed by atoms with van der Waals surface area (Å²) in [6.07, 6.45) is 0. The highest BCUT2D eigenvalue weighted by Crippen LogP contribution is 2.15. The van der Waals surface area contributed by atoms with Gasteiger partial charge in [0.25, 0.3) is 0 Å². The molecule has 102 valence electrons. The van der Waals surface area contributed by atoms with Crippen LogP contribution in [0.3, 0.4) is 0 Å². The number of benzene rings is 1. The molecule has 1 rings (SSSR count). The summed E-state index contributed by atoms with van der Waals surface area (Å²) in [6.45, 7) is 0. The molecule has 18 heavy (non-hydrogen) atoms. The van der Waals surface area contributed by atoms with Crippen LogP contribution in [0.25, 0.3) is 0 Å². The average Bonchev–Trinajstić information content (AvgIpc) is 2.16. The predicted octanol–water partition coefficient (Wildman–Crippen LogP) is -1.69. The summed E-state index contributed by atoms with van der Waals surface area (Å²) in [4.78, 5) is 32.0. The van der Waals surface area contributed by atoms with Crippen molar-refractivity contribution in [2.24, 2.45) is 0 Å². The van der Waals surface area contributed by atoms with Gasteiger partial charge in [0.2, 0.25) is 0 Å². The summed E-state index contributed by atoms with van der Waals surface area (Å²) in [5.74, 6) is -4.53. The van der Waals surface area contributed by atoms with Crippen LogP contribution in [0.5, 0.6) is 0 Å². The second-order valence-electron chi connectivity index (χ2n) is 2.64. The molecule has 0 atom stereocenters. The van der Waals surface area contributed by atoms with Gasteiger partial charge in [0, 0.05) is 0 Å². The number of hydrogen-bond donors (Lipinski definition) is 3. The van der Waals surface area contributed by atoms with E-state index < -0.39 is 34.6 Å². The molecule has 0 heterocycles. The van der Waals surface area contributed by atoms with E-state index in [1.54, 1.807) is 0 Å². The van der Waals surface area contributed by atoms with Gasteiger partial charge in [-0.05, 0) is 12.1 Å². The molecule has 0 radical (unpaired) electrons. The van der Waals surface area contributed by atoms with Crippen LogP contribution in [-0.4, -0.2) is 49.7 Å². The first-order valence-corrected chi connectivity index (χ1v) is 3.78. The van der Waals surface area contributed by atoms with Crippen molar-refractivity contribution in [3.8, 4) is 0 Å². The summed E-state index contributed by atoms with van der Waals surface area (Å²) < 4.78 is 0. The Morgan fingerprint density at radius 1 is 0.722 bits per heavy atom. The molecule has 9 nitrogen and oxygen atoms in total. The zero-order valence-corrected chi connectivity index (χ0v) is 8.80. The maximum absolute atomic E-state index is 10.7. The first-order chi connectivity index (χ1) is 6.95. The third-order valence-corrected chi connectivity index (χ3v) is 1.74. The molecule has 0 spiro atoms. The van der Waals surface area contributed by atoms with Crippen LogP contribution in [0, 0.1) is 0 Å². The van der Waals surface area contributed by atoms with E-state index in [9.17, 15) is 14.4 Å². The largest absolute Gasteiger partial charge is 0.478 e. The van der Waals surface area contributed by atoms with Gasteiger partial charge in [0.15, 0.2) is 0 Å². The Bertz CT molecular complexity index is 419. The average molecular weight is 264 g/mol. The van der Waals surface area contributed by atoms with Gasteiger partial charge in [-0.2, -0.15) is 0 Å². The van der Waals surface area contributed by atoms with Crippen LogP contribution in [0.1, 0.15) is 31.1 Å². The molecule has 0 aliphatic carbocycles. The third kappa shape index (κ3) is 3.83. The van der Waals surface area contributed by atoms with Crippen molar-refractivity contribution >= 4 is 17.9 Å². The van der Waals surface area contributed by atoms with Crippen molar-refractivity contribution in [3.05, 3.63) is 34.9 Å². The van der Waals surface area contributed by atoms with Crippen LogP contribution in [-0.2, 0) is 0 Å². The Labute approximate surface area is 99.8 Å². The van der Waals surface area contributed by atoms with Gasteiger partial charge in [-0.1, -0.05) is 6.07 Å². The highest BCUT2D eigenvalue weighted by Gasteiger charge is 2.22. The van der Waals surface area contributed by atoms with E-state index in [1.165, 1.54) is 6.07 Å². The van der Waals surface area contributed by atoms with Gasteiger partial charge in [-0.25, -0.2) is 14.4 Å². The van der Waals surface area contributed by atoms with Gasteiger partial charge in [-0.15, -0.1) is 0 Å². The van der Waals surface area contributed by atoms with Crippen molar-refractivity contribution in [1.29, 1.82) is 0 Å². The lowest BCUT2D eigenvalue weighted by Crippen LogP contribution is -2.14. The van der Waals surface area contributed by atoms with E-state index in [0.717, 1.165) is 12.1 Å². The molecule has 1 aromatic rings. The topological polar surface area (TPSA) is 206 Å². The van der Waals surface area contributed by atoms with E-state index in [1.807, 2.05) is 0 Å². The molecule has 0 aliphatic heterocycles. The summed E-state index contributed by atoms with van der Waals surface area (Å²) in [6, 6.07) is 3.26.